The van der Waals surface area contributed by atoms with E-state index in [2.05, 4.69) is 10.6 Å². The van der Waals surface area contributed by atoms with Crippen LogP contribution in [0.15, 0.2) is 24.3 Å². The van der Waals surface area contributed by atoms with Crippen LogP contribution in [0.1, 0.15) is 10.4 Å². The Bertz CT molecular complexity index is 363. The molecule has 0 aliphatic rings. The average Bonchev–Trinajstić information content (AvgIpc) is 2.16. The minimum absolute atomic E-state index is 0.251. The van der Waals surface area contributed by atoms with Gasteiger partial charge in [-0.05, 0) is 18.2 Å². The summed E-state index contributed by atoms with van der Waals surface area (Å²) in [7, 11) is 1.51. The van der Waals surface area contributed by atoms with E-state index in [9.17, 15) is 9.59 Å². The maximum Gasteiger partial charge on any atom is 0.409 e. The van der Waals surface area contributed by atoms with E-state index < -0.39 is 6.09 Å². The van der Waals surface area contributed by atoms with Crippen molar-refractivity contribution in [3.05, 3.63) is 29.8 Å². The van der Waals surface area contributed by atoms with Gasteiger partial charge < -0.3 is 10.4 Å². The van der Waals surface area contributed by atoms with Gasteiger partial charge in [-0.2, -0.15) is 0 Å². The Balaban J connectivity index is 2.89. The third-order valence-electron chi connectivity index (χ3n) is 1.60. The molecule has 1 rings (SSSR count). The number of hydrogen-bond donors (Lipinski definition) is 3. The summed E-state index contributed by atoms with van der Waals surface area (Å²) < 4.78 is 0. The Labute approximate surface area is 80.7 Å². The monoisotopic (exact) mass is 194 g/mol. The Kier molecular flexibility index (Phi) is 3.06. The molecule has 5 heteroatoms. The van der Waals surface area contributed by atoms with Gasteiger partial charge in [0.05, 0.1) is 0 Å². The number of carbonyl (C=O) groups is 2. The maximum atomic E-state index is 11.2. The minimum atomic E-state index is -1.15. The van der Waals surface area contributed by atoms with Crippen molar-refractivity contribution < 1.29 is 14.7 Å². The largest absolute Gasteiger partial charge is 0.465 e. The molecule has 0 bridgehead atoms. The van der Waals surface area contributed by atoms with Crippen molar-refractivity contribution in [1.82, 2.24) is 5.32 Å². The van der Waals surface area contributed by atoms with Crippen LogP contribution in [0.3, 0.4) is 0 Å². The quantitative estimate of drug-likeness (QED) is 0.660. The Hall–Kier alpha value is -2.04. The van der Waals surface area contributed by atoms with E-state index in [0.717, 1.165) is 0 Å². The third-order valence-corrected chi connectivity index (χ3v) is 1.60. The van der Waals surface area contributed by atoms with Gasteiger partial charge in [0.1, 0.15) is 0 Å². The molecule has 14 heavy (non-hydrogen) atoms. The number of rotatable bonds is 2. The SMILES string of the molecule is CNC(=O)c1cccc(NC(=O)O)c1. The summed E-state index contributed by atoms with van der Waals surface area (Å²) in [6.07, 6.45) is -1.15. The minimum Gasteiger partial charge on any atom is -0.465 e. The van der Waals surface area contributed by atoms with E-state index in [1.807, 2.05) is 0 Å². The zero-order valence-electron chi connectivity index (χ0n) is 7.57. The molecule has 0 saturated heterocycles. The Morgan fingerprint density at radius 1 is 1.36 bits per heavy atom. The Morgan fingerprint density at radius 2 is 2.07 bits per heavy atom. The average molecular weight is 194 g/mol. The number of benzene rings is 1. The van der Waals surface area contributed by atoms with Gasteiger partial charge in [0, 0.05) is 18.3 Å². The normalized spacial score (nSPS) is 9.21. The molecule has 74 valence electrons. The third kappa shape index (κ3) is 2.48. The standard InChI is InChI=1S/C9H10N2O3/c1-10-8(12)6-3-2-4-7(5-6)11-9(13)14/h2-5,11H,1H3,(H,10,12)(H,13,14). The molecule has 0 spiro atoms. The highest BCUT2D eigenvalue weighted by molar-refractivity contribution is 5.95. The van der Waals surface area contributed by atoms with E-state index >= 15 is 0 Å². The summed E-state index contributed by atoms with van der Waals surface area (Å²) in [5.74, 6) is -0.251. The van der Waals surface area contributed by atoms with Gasteiger partial charge in [-0.15, -0.1) is 0 Å². The second-order valence-corrected chi connectivity index (χ2v) is 2.59. The molecule has 0 atom stereocenters. The highest BCUT2D eigenvalue weighted by Crippen LogP contribution is 2.10. The number of hydrogen-bond acceptors (Lipinski definition) is 2. The van der Waals surface area contributed by atoms with Crippen LogP contribution in [0.2, 0.25) is 0 Å². The van der Waals surface area contributed by atoms with E-state index in [-0.39, 0.29) is 5.91 Å². The fourth-order valence-corrected chi connectivity index (χ4v) is 1.01. The van der Waals surface area contributed by atoms with Crippen molar-refractivity contribution in [2.24, 2.45) is 0 Å². The molecule has 0 saturated carbocycles. The van der Waals surface area contributed by atoms with Gasteiger partial charge in [0.15, 0.2) is 0 Å². The number of carbonyl (C=O) groups excluding carboxylic acids is 1. The first-order chi connectivity index (χ1) is 6.63. The topological polar surface area (TPSA) is 78.4 Å². The van der Waals surface area contributed by atoms with Crippen molar-refractivity contribution in [3.63, 3.8) is 0 Å². The van der Waals surface area contributed by atoms with Crippen LogP contribution in [-0.2, 0) is 0 Å². The first kappa shape index (κ1) is 10.0. The van der Waals surface area contributed by atoms with Crippen molar-refractivity contribution in [1.29, 1.82) is 0 Å². The number of carboxylic acid groups (broad SMARTS) is 1. The lowest BCUT2D eigenvalue weighted by Crippen LogP contribution is -2.18. The maximum absolute atomic E-state index is 11.2. The molecule has 0 fully saturated rings. The summed E-state index contributed by atoms with van der Waals surface area (Å²) in [6, 6.07) is 6.25. The van der Waals surface area contributed by atoms with Crippen molar-refractivity contribution >= 4 is 17.7 Å². The van der Waals surface area contributed by atoms with Crippen molar-refractivity contribution in [2.75, 3.05) is 12.4 Å². The molecule has 0 aliphatic carbocycles. The zero-order chi connectivity index (χ0) is 10.6. The molecule has 0 radical (unpaired) electrons. The lowest BCUT2D eigenvalue weighted by molar-refractivity contribution is 0.0963. The van der Waals surface area contributed by atoms with Crippen LogP contribution in [0.4, 0.5) is 10.5 Å². The van der Waals surface area contributed by atoms with Crippen LogP contribution in [0.25, 0.3) is 0 Å². The molecule has 0 aromatic heterocycles. The summed E-state index contributed by atoms with van der Waals surface area (Å²) in [6.45, 7) is 0. The van der Waals surface area contributed by atoms with Gasteiger partial charge in [-0.25, -0.2) is 4.79 Å². The summed E-state index contributed by atoms with van der Waals surface area (Å²) >= 11 is 0. The molecule has 2 amide bonds. The lowest BCUT2D eigenvalue weighted by Gasteiger charge is -2.03. The van der Waals surface area contributed by atoms with E-state index in [1.165, 1.54) is 13.1 Å². The van der Waals surface area contributed by atoms with Gasteiger partial charge >= 0.3 is 6.09 Å². The van der Waals surface area contributed by atoms with Gasteiger partial charge in [-0.1, -0.05) is 6.07 Å². The Morgan fingerprint density at radius 3 is 2.64 bits per heavy atom. The predicted molar refractivity (Wildman–Crippen MR) is 51.5 cm³/mol. The van der Waals surface area contributed by atoms with Gasteiger partial charge in [0.2, 0.25) is 0 Å². The summed E-state index contributed by atoms with van der Waals surface area (Å²) in [5.41, 5.74) is 0.789. The highest BCUT2D eigenvalue weighted by atomic mass is 16.4. The molecular weight excluding hydrogens is 184 g/mol. The molecule has 5 nitrogen and oxygen atoms in total. The van der Waals surface area contributed by atoms with E-state index in [1.54, 1.807) is 18.2 Å². The molecule has 1 aromatic carbocycles. The zero-order valence-corrected chi connectivity index (χ0v) is 7.57. The second kappa shape index (κ2) is 4.27. The fraction of sp³-hybridized carbons (Fsp3) is 0.111. The molecular formula is C9H10N2O3. The van der Waals surface area contributed by atoms with E-state index in [0.29, 0.717) is 11.3 Å². The fourth-order valence-electron chi connectivity index (χ4n) is 1.01. The first-order valence-corrected chi connectivity index (χ1v) is 3.95. The van der Waals surface area contributed by atoms with Gasteiger partial charge in [-0.3, -0.25) is 10.1 Å². The van der Waals surface area contributed by atoms with Crippen LogP contribution in [0, 0.1) is 0 Å². The van der Waals surface area contributed by atoms with Crippen LogP contribution in [-0.4, -0.2) is 24.2 Å². The smallest absolute Gasteiger partial charge is 0.409 e. The summed E-state index contributed by atoms with van der Waals surface area (Å²) in [5, 5.41) is 13.1. The predicted octanol–water partition coefficient (Wildman–Crippen LogP) is 1.14. The van der Waals surface area contributed by atoms with E-state index in [4.69, 9.17) is 5.11 Å². The lowest BCUT2D eigenvalue weighted by atomic mass is 10.2. The molecule has 1 aromatic rings. The van der Waals surface area contributed by atoms with Crippen molar-refractivity contribution in [2.45, 2.75) is 0 Å². The van der Waals surface area contributed by atoms with Crippen molar-refractivity contribution in [3.8, 4) is 0 Å². The van der Waals surface area contributed by atoms with Crippen LogP contribution < -0.4 is 10.6 Å². The first-order valence-electron chi connectivity index (χ1n) is 3.95. The molecule has 3 N–H and O–H groups in total. The molecule has 0 aliphatic heterocycles. The van der Waals surface area contributed by atoms with Crippen LogP contribution in [0.5, 0.6) is 0 Å². The number of anilines is 1. The number of nitrogens with one attached hydrogen (secondary N) is 2. The van der Waals surface area contributed by atoms with Gasteiger partial charge in [0.25, 0.3) is 5.91 Å². The second-order valence-electron chi connectivity index (χ2n) is 2.59. The highest BCUT2D eigenvalue weighted by Gasteiger charge is 2.04. The molecule has 0 unspecified atom stereocenters. The molecule has 0 heterocycles. The number of amides is 2. The van der Waals surface area contributed by atoms with Crippen LogP contribution >= 0.6 is 0 Å². The summed E-state index contributed by atoms with van der Waals surface area (Å²) in [4.78, 5) is 21.5.